The van der Waals surface area contributed by atoms with Gasteiger partial charge in [-0.3, -0.25) is 0 Å². The molecule has 0 aromatic heterocycles. The highest BCUT2D eigenvalue weighted by molar-refractivity contribution is 5.40. The second-order valence-electron chi connectivity index (χ2n) is 9.55. The van der Waals surface area contributed by atoms with Crippen LogP contribution in [0.5, 0.6) is 0 Å². The number of benzene rings is 1. The normalized spacial score (nSPS) is 43.1. The van der Waals surface area contributed by atoms with Gasteiger partial charge in [-0.25, -0.2) is 9.78 Å². The third-order valence-corrected chi connectivity index (χ3v) is 7.99. The van der Waals surface area contributed by atoms with Crippen molar-refractivity contribution in [3.8, 4) is 0 Å². The Labute approximate surface area is 162 Å². The molecule has 27 heavy (non-hydrogen) atoms. The number of hydrogen-bond acceptors (Lipinski definition) is 4. The van der Waals surface area contributed by atoms with Crippen LogP contribution < -0.4 is 5.73 Å². The van der Waals surface area contributed by atoms with Crippen molar-refractivity contribution in [2.45, 2.75) is 75.6 Å². The molecule has 2 N–H and O–H groups in total. The third-order valence-electron chi connectivity index (χ3n) is 7.99. The quantitative estimate of drug-likeness (QED) is 0.341. The lowest BCUT2D eigenvalue weighted by Gasteiger charge is -2.58. The summed E-state index contributed by atoms with van der Waals surface area (Å²) < 4.78 is 6.05. The Morgan fingerprint density at radius 2 is 1.44 bits per heavy atom. The lowest BCUT2D eigenvalue weighted by molar-refractivity contribution is -0.485. The van der Waals surface area contributed by atoms with E-state index in [1.165, 1.54) is 37.7 Å². The van der Waals surface area contributed by atoms with Gasteiger partial charge in [0.15, 0.2) is 0 Å². The topological polar surface area (TPSA) is 53.7 Å². The number of ether oxygens (including phenoxy) is 1. The molecule has 5 fully saturated rings. The van der Waals surface area contributed by atoms with E-state index in [1.54, 1.807) is 0 Å². The van der Waals surface area contributed by atoms with Crippen LogP contribution in [0.25, 0.3) is 0 Å². The standard InChI is InChI=1S/C23H33NO3/c1-25-23(19-11-15-10-16(13-19)14-20(23)12-15)27-26-22-8-4-18(5-9-22)17-2-6-21(24)7-3-17/h2-3,6-7,15-16,18-20,22H,4-5,8-14,24H2,1H3/t15?,16?,18-,19?,20?,22+,23?. The Hall–Kier alpha value is -1.10. The molecule has 5 aliphatic rings. The second-order valence-corrected chi connectivity index (χ2v) is 9.55. The van der Waals surface area contributed by atoms with Gasteiger partial charge in [0.25, 0.3) is 0 Å². The molecule has 4 heteroatoms. The lowest BCUT2D eigenvalue weighted by atomic mass is 9.53. The van der Waals surface area contributed by atoms with E-state index in [9.17, 15) is 0 Å². The maximum atomic E-state index is 6.21. The summed E-state index contributed by atoms with van der Waals surface area (Å²) in [5.74, 6) is 2.96. The van der Waals surface area contributed by atoms with Crippen LogP contribution >= 0.6 is 0 Å². The largest absolute Gasteiger partial charge is 0.399 e. The van der Waals surface area contributed by atoms with Crippen LogP contribution in [0.15, 0.2) is 24.3 Å². The molecule has 0 saturated heterocycles. The predicted molar refractivity (Wildman–Crippen MR) is 105 cm³/mol. The number of methoxy groups -OCH3 is 1. The summed E-state index contributed by atoms with van der Waals surface area (Å²) in [7, 11) is 1.82. The van der Waals surface area contributed by atoms with Crippen molar-refractivity contribution >= 4 is 5.69 Å². The van der Waals surface area contributed by atoms with Crippen molar-refractivity contribution in [2.24, 2.45) is 23.7 Å². The SMILES string of the molecule is COC1(OO[C@H]2CC[C@@H](c3ccc(N)cc3)CC2)C2CC3CC(C2)CC1C3. The summed E-state index contributed by atoms with van der Waals surface area (Å²) in [6.45, 7) is 0. The first kappa shape index (κ1) is 18.0. The Balaban J connectivity index is 1.18. The zero-order valence-corrected chi connectivity index (χ0v) is 16.4. The van der Waals surface area contributed by atoms with E-state index in [0.29, 0.717) is 17.8 Å². The maximum absolute atomic E-state index is 6.21. The molecule has 1 aromatic carbocycles. The van der Waals surface area contributed by atoms with Gasteiger partial charge in [0.1, 0.15) is 0 Å². The molecule has 0 amide bonds. The van der Waals surface area contributed by atoms with Crippen molar-refractivity contribution in [3.63, 3.8) is 0 Å². The van der Waals surface area contributed by atoms with Gasteiger partial charge >= 0.3 is 0 Å². The third kappa shape index (κ3) is 3.20. The van der Waals surface area contributed by atoms with Gasteiger partial charge in [0, 0.05) is 24.6 Å². The summed E-state index contributed by atoms with van der Waals surface area (Å²) >= 11 is 0. The van der Waals surface area contributed by atoms with Gasteiger partial charge in [-0.15, -0.1) is 0 Å². The van der Waals surface area contributed by atoms with Crippen LogP contribution in [0, 0.1) is 23.7 Å². The van der Waals surface area contributed by atoms with E-state index >= 15 is 0 Å². The Morgan fingerprint density at radius 1 is 0.852 bits per heavy atom. The first-order valence-corrected chi connectivity index (χ1v) is 10.9. The van der Waals surface area contributed by atoms with Crippen LogP contribution in [0.4, 0.5) is 5.69 Å². The zero-order chi connectivity index (χ0) is 18.4. The highest BCUT2D eigenvalue weighted by atomic mass is 17.2. The number of rotatable bonds is 5. The van der Waals surface area contributed by atoms with E-state index < -0.39 is 5.79 Å². The van der Waals surface area contributed by atoms with Crippen LogP contribution in [-0.2, 0) is 14.5 Å². The van der Waals surface area contributed by atoms with Crippen LogP contribution in [-0.4, -0.2) is 19.0 Å². The summed E-state index contributed by atoms with van der Waals surface area (Å²) in [6.07, 6.45) is 11.1. The fourth-order valence-electron chi connectivity index (χ4n) is 6.75. The number of hydrogen-bond donors (Lipinski definition) is 1. The average Bonchev–Trinajstić information content (AvgIpc) is 2.69. The maximum Gasteiger partial charge on any atom is 0.207 e. The van der Waals surface area contributed by atoms with Crippen molar-refractivity contribution < 1.29 is 14.5 Å². The van der Waals surface area contributed by atoms with E-state index in [-0.39, 0.29) is 6.10 Å². The van der Waals surface area contributed by atoms with Crippen LogP contribution in [0.1, 0.15) is 69.3 Å². The number of anilines is 1. The minimum Gasteiger partial charge on any atom is -0.399 e. The van der Waals surface area contributed by atoms with Gasteiger partial charge in [-0.2, -0.15) is 0 Å². The molecule has 148 valence electrons. The number of nitrogens with two attached hydrogens (primary N) is 1. The molecule has 1 aromatic rings. The van der Waals surface area contributed by atoms with Crippen molar-refractivity contribution in [2.75, 3.05) is 12.8 Å². The highest BCUT2D eigenvalue weighted by Gasteiger charge is 2.60. The van der Waals surface area contributed by atoms with Crippen molar-refractivity contribution in [1.82, 2.24) is 0 Å². The molecule has 0 aliphatic heterocycles. The van der Waals surface area contributed by atoms with Gasteiger partial charge < -0.3 is 10.5 Å². The van der Waals surface area contributed by atoms with E-state index in [4.69, 9.17) is 20.2 Å². The van der Waals surface area contributed by atoms with E-state index in [0.717, 1.165) is 43.2 Å². The summed E-state index contributed by atoms with van der Waals surface area (Å²) in [6, 6.07) is 8.36. The van der Waals surface area contributed by atoms with Gasteiger partial charge in [-0.1, -0.05) is 12.1 Å². The zero-order valence-electron chi connectivity index (χ0n) is 16.4. The fourth-order valence-corrected chi connectivity index (χ4v) is 6.75. The Bertz CT molecular complexity index is 622. The van der Waals surface area contributed by atoms with Crippen molar-refractivity contribution in [1.29, 1.82) is 0 Å². The molecule has 0 atom stereocenters. The molecule has 4 nitrogen and oxygen atoms in total. The monoisotopic (exact) mass is 371 g/mol. The summed E-state index contributed by atoms with van der Waals surface area (Å²) in [5, 5.41) is 0. The summed E-state index contributed by atoms with van der Waals surface area (Å²) in [5.41, 5.74) is 8.05. The van der Waals surface area contributed by atoms with Crippen LogP contribution in [0.3, 0.4) is 0 Å². The molecule has 5 saturated carbocycles. The minimum absolute atomic E-state index is 0.194. The lowest BCUT2D eigenvalue weighted by Crippen LogP contribution is -2.60. The average molecular weight is 372 g/mol. The molecular weight excluding hydrogens is 338 g/mol. The second kappa shape index (κ2) is 7.06. The molecule has 6 rings (SSSR count). The predicted octanol–water partition coefficient (Wildman–Crippen LogP) is 5.04. The first-order valence-electron chi connectivity index (χ1n) is 10.9. The molecule has 4 bridgehead atoms. The van der Waals surface area contributed by atoms with E-state index in [2.05, 4.69) is 12.1 Å². The van der Waals surface area contributed by atoms with Gasteiger partial charge in [0.05, 0.1) is 6.10 Å². The molecular formula is C23H33NO3. The van der Waals surface area contributed by atoms with Gasteiger partial charge in [-0.05, 0) is 93.2 Å². The molecule has 5 aliphatic carbocycles. The fraction of sp³-hybridized carbons (Fsp3) is 0.739. The number of nitrogen functional groups attached to an aromatic ring is 1. The minimum atomic E-state index is -0.485. The first-order chi connectivity index (χ1) is 13.2. The molecule has 0 heterocycles. The Morgan fingerprint density at radius 3 is 2.00 bits per heavy atom. The smallest absolute Gasteiger partial charge is 0.207 e. The van der Waals surface area contributed by atoms with Gasteiger partial charge in [0.2, 0.25) is 5.79 Å². The van der Waals surface area contributed by atoms with Crippen LogP contribution in [0.2, 0.25) is 0 Å². The summed E-state index contributed by atoms with van der Waals surface area (Å²) in [4.78, 5) is 12.3. The van der Waals surface area contributed by atoms with E-state index in [1.807, 2.05) is 19.2 Å². The highest BCUT2D eigenvalue weighted by Crippen LogP contribution is 2.60. The molecule has 0 unspecified atom stereocenters. The molecule has 0 radical (unpaired) electrons. The van der Waals surface area contributed by atoms with Crippen molar-refractivity contribution in [3.05, 3.63) is 29.8 Å². The molecule has 0 spiro atoms. The Kier molecular flexibility index (Phi) is 4.69.